The van der Waals surface area contributed by atoms with Crippen molar-refractivity contribution in [3.63, 3.8) is 0 Å². The third-order valence-electron chi connectivity index (χ3n) is 6.26. The molecule has 0 heterocycles. The van der Waals surface area contributed by atoms with E-state index in [4.69, 9.17) is 4.74 Å². The number of carbonyl (C=O) groups excluding carboxylic acids is 2. The molecule has 3 aromatic rings. The smallest absolute Gasteiger partial charge is 0.244 e. The first-order valence-corrected chi connectivity index (χ1v) is 15.3. The summed E-state index contributed by atoms with van der Waals surface area (Å²) in [5.41, 5.74) is 1.98. The maximum atomic E-state index is 14.1. The van der Waals surface area contributed by atoms with Crippen LogP contribution in [0.1, 0.15) is 31.9 Å². The average Bonchev–Trinajstić information content (AvgIpc) is 2.93. The van der Waals surface area contributed by atoms with Crippen LogP contribution in [0, 0.1) is 5.92 Å². The fourth-order valence-corrected chi connectivity index (χ4v) is 5.15. The third kappa shape index (κ3) is 8.84. The Balaban J connectivity index is 2.05. The molecule has 2 amide bonds. The molecule has 1 atom stereocenters. The molecular weight excluding hydrogens is 526 g/mol. The van der Waals surface area contributed by atoms with Gasteiger partial charge in [0.2, 0.25) is 21.8 Å². The number of sulfonamides is 1. The number of nitrogens with one attached hydrogen (secondary N) is 1. The van der Waals surface area contributed by atoms with Gasteiger partial charge in [-0.05, 0) is 36.1 Å². The lowest BCUT2D eigenvalue weighted by atomic mass is 10.0. The molecule has 8 nitrogen and oxygen atoms in total. The molecule has 0 fully saturated rings. The number of hydrogen-bond donors (Lipinski definition) is 1. The van der Waals surface area contributed by atoms with Crippen molar-refractivity contribution in [2.75, 3.05) is 30.3 Å². The van der Waals surface area contributed by atoms with E-state index in [-0.39, 0.29) is 30.5 Å². The number of hydrogen-bond acceptors (Lipinski definition) is 5. The summed E-state index contributed by atoms with van der Waals surface area (Å²) in [7, 11) is -3.88. The Hall–Kier alpha value is -3.85. The summed E-state index contributed by atoms with van der Waals surface area (Å²) in [5, 5.41) is 2.98. The predicted octanol–water partition coefficient (Wildman–Crippen LogP) is 4.26. The molecule has 0 unspecified atom stereocenters. The molecule has 1 N–H and O–H groups in total. The van der Waals surface area contributed by atoms with E-state index in [0.29, 0.717) is 18.9 Å². The van der Waals surface area contributed by atoms with Gasteiger partial charge in [-0.1, -0.05) is 86.6 Å². The van der Waals surface area contributed by atoms with Crippen LogP contribution in [0.4, 0.5) is 5.69 Å². The number of amides is 2. The quantitative estimate of drug-likeness (QED) is 0.315. The molecule has 3 rings (SSSR count). The molecule has 0 bridgehead atoms. The van der Waals surface area contributed by atoms with E-state index in [9.17, 15) is 18.0 Å². The first-order valence-electron chi connectivity index (χ1n) is 13.4. The predicted molar refractivity (Wildman–Crippen MR) is 159 cm³/mol. The molecule has 0 saturated carbocycles. The maximum absolute atomic E-state index is 14.1. The van der Waals surface area contributed by atoms with Gasteiger partial charge in [0.15, 0.2) is 0 Å². The molecule has 9 heteroatoms. The van der Waals surface area contributed by atoms with Crippen molar-refractivity contribution in [2.45, 2.75) is 39.8 Å². The lowest BCUT2D eigenvalue weighted by molar-refractivity contribution is -0.140. The molecule has 214 valence electrons. The molecule has 0 aliphatic rings. The first-order chi connectivity index (χ1) is 19.1. The standard InChI is InChI=1S/C31H39N3O5S/c1-5-39-29-19-13-12-18-27(29)34(40(4,37)38)23-30(35)33(22-26-16-10-7-11-17-26)28(31(36)32-21-24(2)3)20-25-14-8-6-9-15-25/h6-19,24,28H,5,20-23H2,1-4H3,(H,32,36)/t28-/m0/s1. The minimum Gasteiger partial charge on any atom is -0.492 e. The van der Waals surface area contributed by atoms with E-state index in [1.165, 1.54) is 4.90 Å². The van der Waals surface area contributed by atoms with E-state index in [1.807, 2.05) is 74.5 Å². The maximum Gasteiger partial charge on any atom is 0.244 e. The van der Waals surface area contributed by atoms with Crippen LogP contribution in [0.5, 0.6) is 5.75 Å². The molecule has 0 saturated heterocycles. The number of ether oxygens (including phenoxy) is 1. The summed E-state index contributed by atoms with van der Waals surface area (Å²) in [5.74, 6) is -0.215. The van der Waals surface area contributed by atoms with Crippen molar-refractivity contribution in [1.82, 2.24) is 10.2 Å². The van der Waals surface area contributed by atoms with Crippen molar-refractivity contribution in [3.05, 3.63) is 96.1 Å². The Morgan fingerprint density at radius 2 is 1.45 bits per heavy atom. The van der Waals surface area contributed by atoms with Crippen LogP contribution in [0.2, 0.25) is 0 Å². The van der Waals surface area contributed by atoms with Crippen LogP contribution in [0.15, 0.2) is 84.9 Å². The second kappa shape index (κ2) is 14.5. The van der Waals surface area contributed by atoms with Crippen molar-refractivity contribution >= 4 is 27.5 Å². The van der Waals surface area contributed by atoms with Gasteiger partial charge in [-0.25, -0.2) is 8.42 Å². The highest BCUT2D eigenvalue weighted by Gasteiger charge is 2.33. The Bertz CT molecular complexity index is 1350. The summed E-state index contributed by atoms with van der Waals surface area (Å²) in [6.07, 6.45) is 1.33. The molecule has 0 aliphatic carbocycles. The van der Waals surface area contributed by atoms with Gasteiger partial charge in [0.05, 0.1) is 18.6 Å². The number of carbonyl (C=O) groups is 2. The number of rotatable bonds is 14. The van der Waals surface area contributed by atoms with Crippen LogP contribution in [0.3, 0.4) is 0 Å². The van der Waals surface area contributed by atoms with E-state index < -0.39 is 28.5 Å². The van der Waals surface area contributed by atoms with Crippen LogP contribution < -0.4 is 14.4 Å². The number of nitrogens with zero attached hydrogens (tertiary/aromatic N) is 2. The lowest BCUT2D eigenvalue weighted by Gasteiger charge is -2.34. The fraction of sp³-hybridized carbons (Fsp3) is 0.355. The molecule has 40 heavy (non-hydrogen) atoms. The Morgan fingerprint density at radius 3 is 2.02 bits per heavy atom. The lowest BCUT2D eigenvalue weighted by Crippen LogP contribution is -2.53. The summed E-state index contributed by atoms with van der Waals surface area (Å²) < 4.78 is 32.7. The zero-order chi connectivity index (χ0) is 29.1. The summed E-state index contributed by atoms with van der Waals surface area (Å²) in [6, 6.07) is 24.7. The third-order valence-corrected chi connectivity index (χ3v) is 7.39. The summed E-state index contributed by atoms with van der Waals surface area (Å²) in [4.78, 5) is 29.2. The van der Waals surface area contributed by atoms with E-state index in [1.54, 1.807) is 31.2 Å². The largest absolute Gasteiger partial charge is 0.492 e. The van der Waals surface area contributed by atoms with Gasteiger partial charge in [0, 0.05) is 19.5 Å². The van der Waals surface area contributed by atoms with Crippen molar-refractivity contribution in [1.29, 1.82) is 0 Å². The second-order valence-corrected chi connectivity index (χ2v) is 11.9. The van der Waals surface area contributed by atoms with Crippen molar-refractivity contribution < 1.29 is 22.7 Å². The summed E-state index contributed by atoms with van der Waals surface area (Å²) >= 11 is 0. The van der Waals surface area contributed by atoms with Gasteiger partial charge >= 0.3 is 0 Å². The van der Waals surface area contributed by atoms with E-state index in [0.717, 1.165) is 21.7 Å². The van der Waals surface area contributed by atoms with Gasteiger partial charge in [0.25, 0.3) is 0 Å². The zero-order valence-electron chi connectivity index (χ0n) is 23.6. The number of benzene rings is 3. The fourth-order valence-electron chi connectivity index (χ4n) is 4.29. The van der Waals surface area contributed by atoms with Crippen molar-refractivity contribution in [2.24, 2.45) is 5.92 Å². The van der Waals surface area contributed by atoms with Crippen LogP contribution in [-0.2, 0) is 32.6 Å². The van der Waals surface area contributed by atoms with Gasteiger partial charge in [-0.15, -0.1) is 0 Å². The van der Waals surface area contributed by atoms with E-state index in [2.05, 4.69) is 5.32 Å². The minimum atomic E-state index is -3.88. The molecular formula is C31H39N3O5S. The monoisotopic (exact) mass is 565 g/mol. The van der Waals surface area contributed by atoms with Crippen LogP contribution in [0.25, 0.3) is 0 Å². The highest BCUT2D eigenvalue weighted by Crippen LogP contribution is 2.30. The summed E-state index contributed by atoms with van der Waals surface area (Å²) in [6.45, 7) is 6.23. The SMILES string of the molecule is CCOc1ccccc1N(CC(=O)N(Cc1ccccc1)[C@@H](Cc1ccccc1)C(=O)NCC(C)C)S(C)(=O)=O. The van der Waals surface area contributed by atoms with E-state index >= 15 is 0 Å². The molecule has 0 spiro atoms. The molecule has 0 aromatic heterocycles. The van der Waals surface area contributed by atoms with Crippen LogP contribution >= 0.6 is 0 Å². The zero-order valence-corrected chi connectivity index (χ0v) is 24.4. The highest BCUT2D eigenvalue weighted by molar-refractivity contribution is 7.92. The number of anilines is 1. The first kappa shape index (κ1) is 30.7. The van der Waals surface area contributed by atoms with Crippen molar-refractivity contribution in [3.8, 4) is 5.75 Å². The average molecular weight is 566 g/mol. The van der Waals surface area contributed by atoms with Gasteiger partial charge in [0.1, 0.15) is 18.3 Å². The molecule has 0 radical (unpaired) electrons. The topological polar surface area (TPSA) is 96.0 Å². The minimum absolute atomic E-state index is 0.136. The van der Waals surface area contributed by atoms with Gasteiger partial charge < -0.3 is 15.0 Å². The molecule has 0 aliphatic heterocycles. The molecule has 3 aromatic carbocycles. The Kier molecular flexibility index (Phi) is 11.1. The van der Waals surface area contributed by atoms with Gasteiger partial charge in [-0.2, -0.15) is 0 Å². The van der Waals surface area contributed by atoms with Crippen LogP contribution in [-0.4, -0.2) is 57.1 Å². The number of para-hydroxylation sites is 2. The Morgan fingerprint density at radius 1 is 0.875 bits per heavy atom. The highest BCUT2D eigenvalue weighted by atomic mass is 32.2. The van der Waals surface area contributed by atoms with Gasteiger partial charge in [-0.3, -0.25) is 13.9 Å². The normalized spacial score (nSPS) is 12.0. The Labute approximate surface area is 238 Å². The second-order valence-electron chi connectivity index (χ2n) is 10.0.